The minimum absolute atomic E-state index is 0.777. The maximum Gasteiger partial charge on any atom is -0.00277 e. The molecule has 0 bridgehead atoms. The SMILES string of the molecule is C=C[C](CCC)CC(C)C. The summed E-state index contributed by atoms with van der Waals surface area (Å²) in [4.78, 5) is 0. The van der Waals surface area contributed by atoms with E-state index in [9.17, 15) is 0 Å². The van der Waals surface area contributed by atoms with Gasteiger partial charge in [-0.1, -0.05) is 33.3 Å². The predicted octanol–water partition coefficient (Wildman–Crippen LogP) is 3.59. The summed E-state index contributed by atoms with van der Waals surface area (Å²) in [6.45, 7) is 10.5. The first kappa shape index (κ1) is 9.74. The summed E-state index contributed by atoms with van der Waals surface area (Å²) in [5.74, 6) is 2.29. The van der Waals surface area contributed by atoms with Crippen LogP contribution >= 0.6 is 0 Å². The summed E-state index contributed by atoms with van der Waals surface area (Å²) in [5, 5.41) is 0. The summed E-state index contributed by atoms with van der Waals surface area (Å²) in [6.07, 6.45) is 5.70. The third-order valence-corrected chi connectivity index (χ3v) is 1.53. The molecule has 0 spiro atoms. The average molecular weight is 139 g/mol. The maximum absolute atomic E-state index is 3.80. The molecule has 0 aliphatic rings. The largest absolute Gasteiger partial charge is 0.102 e. The molecule has 0 unspecified atom stereocenters. The van der Waals surface area contributed by atoms with Crippen molar-refractivity contribution in [3.05, 3.63) is 18.6 Å². The van der Waals surface area contributed by atoms with Gasteiger partial charge in [0.1, 0.15) is 0 Å². The maximum atomic E-state index is 3.80. The highest BCUT2D eigenvalue weighted by molar-refractivity contribution is 5.05. The first-order valence-corrected chi connectivity index (χ1v) is 4.17. The fraction of sp³-hybridized carbons (Fsp3) is 0.700. The topological polar surface area (TPSA) is 0 Å². The van der Waals surface area contributed by atoms with Crippen molar-refractivity contribution in [3.63, 3.8) is 0 Å². The molecule has 0 aromatic rings. The normalized spacial score (nSPS) is 10.9. The van der Waals surface area contributed by atoms with E-state index in [1.165, 1.54) is 25.2 Å². The molecule has 0 aromatic carbocycles. The highest BCUT2D eigenvalue weighted by Crippen LogP contribution is 2.19. The molecule has 59 valence electrons. The van der Waals surface area contributed by atoms with Gasteiger partial charge >= 0.3 is 0 Å². The van der Waals surface area contributed by atoms with Gasteiger partial charge in [0.2, 0.25) is 0 Å². The molecule has 10 heavy (non-hydrogen) atoms. The molecule has 0 aliphatic heterocycles. The Bertz CT molecular complexity index is 82.0. The minimum atomic E-state index is 0.777. The molecule has 0 amide bonds. The first-order valence-electron chi connectivity index (χ1n) is 4.17. The van der Waals surface area contributed by atoms with E-state index in [0.717, 1.165) is 5.92 Å². The zero-order chi connectivity index (χ0) is 7.98. The van der Waals surface area contributed by atoms with E-state index < -0.39 is 0 Å². The molecule has 0 heteroatoms. The summed E-state index contributed by atoms with van der Waals surface area (Å²) in [7, 11) is 0. The Morgan fingerprint density at radius 3 is 2.40 bits per heavy atom. The predicted molar refractivity (Wildman–Crippen MR) is 47.8 cm³/mol. The van der Waals surface area contributed by atoms with Crippen molar-refractivity contribution in [2.45, 2.75) is 40.0 Å². The van der Waals surface area contributed by atoms with Crippen LogP contribution < -0.4 is 0 Å². The van der Waals surface area contributed by atoms with E-state index in [2.05, 4.69) is 27.4 Å². The lowest BCUT2D eigenvalue weighted by Crippen LogP contribution is -1.97. The van der Waals surface area contributed by atoms with Crippen LogP contribution in [0.3, 0.4) is 0 Å². The van der Waals surface area contributed by atoms with E-state index in [-0.39, 0.29) is 0 Å². The lowest BCUT2D eigenvalue weighted by Gasteiger charge is -2.12. The van der Waals surface area contributed by atoms with Crippen LogP contribution in [0, 0.1) is 11.8 Å². The minimum Gasteiger partial charge on any atom is -0.102 e. The van der Waals surface area contributed by atoms with Crippen LogP contribution in [0.15, 0.2) is 12.7 Å². The second-order valence-corrected chi connectivity index (χ2v) is 3.21. The highest BCUT2D eigenvalue weighted by Gasteiger charge is 2.05. The van der Waals surface area contributed by atoms with Gasteiger partial charge in [0.05, 0.1) is 0 Å². The fourth-order valence-corrected chi connectivity index (χ4v) is 1.13. The standard InChI is InChI=1S/C10H19/c1-5-7-10(6-2)8-9(3)4/h6,9H,2,5,7-8H2,1,3-4H3. The Labute approximate surface area is 65.3 Å². The van der Waals surface area contributed by atoms with Crippen LogP contribution in [0.2, 0.25) is 0 Å². The van der Waals surface area contributed by atoms with Crippen molar-refractivity contribution >= 4 is 0 Å². The number of hydrogen-bond donors (Lipinski definition) is 0. The van der Waals surface area contributed by atoms with Crippen LogP contribution in [0.1, 0.15) is 40.0 Å². The molecule has 0 aliphatic carbocycles. The third kappa shape index (κ3) is 4.60. The van der Waals surface area contributed by atoms with Crippen molar-refractivity contribution < 1.29 is 0 Å². The molecule has 0 fully saturated rings. The van der Waals surface area contributed by atoms with E-state index in [0.29, 0.717) is 0 Å². The summed E-state index contributed by atoms with van der Waals surface area (Å²) in [5.41, 5.74) is 0. The smallest absolute Gasteiger partial charge is 0.00277 e. The van der Waals surface area contributed by atoms with E-state index in [1.807, 2.05) is 6.08 Å². The van der Waals surface area contributed by atoms with Crippen LogP contribution in [0.4, 0.5) is 0 Å². The lowest BCUT2D eigenvalue weighted by molar-refractivity contribution is 0.585. The third-order valence-electron chi connectivity index (χ3n) is 1.53. The van der Waals surface area contributed by atoms with E-state index in [1.54, 1.807) is 0 Å². The van der Waals surface area contributed by atoms with Gasteiger partial charge in [-0.15, -0.1) is 6.58 Å². The molecule has 0 heterocycles. The second kappa shape index (κ2) is 5.52. The van der Waals surface area contributed by atoms with Gasteiger partial charge in [-0.25, -0.2) is 0 Å². The molecule has 0 saturated carbocycles. The van der Waals surface area contributed by atoms with Crippen LogP contribution in [-0.4, -0.2) is 0 Å². The monoisotopic (exact) mass is 139 g/mol. The molecule has 0 rings (SSSR count). The molecule has 0 saturated heterocycles. The van der Waals surface area contributed by atoms with Gasteiger partial charge < -0.3 is 0 Å². The Morgan fingerprint density at radius 2 is 2.10 bits per heavy atom. The van der Waals surface area contributed by atoms with Gasteiger partial charge in [0.15, 0.2) is 0 Å². The molecular weight excluding hydrogens is 120 g/mol. The number of hydrogen-bond acceptors (Lipinski definition) is 0. The van der Waals surface area contributed by atoms with Crippen molar-refractivity contribution in [1.82, 2.24) is 0 Å². The van der Waals surface area contributed by atoms with Gasteiger partial charge in [-0.3, -0.25) is 0 Å². The van der Waals surface area contributed by atoms with Crippen molar-refractivity contribution in [2.75, 3.05) is 0 Å². The first-order chi connectivity index (χ1) is 4.70. The molecule has 0 nitrogen and oxygen atoms in total. The Morgan fingerprint density at radius 1 is 1.50 bits per heavy atom. The van der Waals surface area contributed by atoms with Gasteiger partial charge in [-0.05, 0) is 24.7 Å². The van der Waals surface area contributed by atoms with Gasteiger partial charge in [-0.2, -0.15) is 0 Å². The second-order valence-electron chi connectivity index (χ2n) is 3.21. The zero-order valence-electron chi connectivity index (χ0n) is 7.48. The molecule has 1 radical (unpaired) electrons. The molecule has 0 atom stereocenters. The summed E-state index contributed by atoms with van der Waals surface area (Å²) in [6, 6.07) is 0. The number of allylic oxidation sites excluding steroid dienone is 1. The molecule has 0 N–H and O–H groups in total. The van der Waals surface area contributed by atoms with Crippen LogP contribution in [-0.2, 0) is 0 Å². The average Bonchev–Trinajstić information content (AvgIpc) is 1.86. The Kier molecular flexibility index (Phi) is 5.38. The Balaban J connectivity index is 3.49. The van der Waals surface area contributed by atoms with Gasteiger partial charge in [0.25, 0.3) is 0 Å². The molecule has 0 aromatic heterocycles. The quantitative estimate of drug-likeness (QED) is 0.546. The van der Waals surface area contributed by atoms with Crippen LogP contribution in [0.25, 0.3) is 0 Å². The highest BCUT2D eigenvalue weighted by atomic mass is 14.1. The number of rotatable bonds is 5. The lowest BCUT2D eigenvalue weighted by atomic mass is 9.93. The van der Waals surface area contributed by atoms with E-state index >= 15 is 0 Å². The van der Waals surface area contributed by atoms with Crippen molar-refractivity contribution in [3.8, 4) is 0 Å². The summed E-state index contributed by atoms with van der Waals surface area (Å²) >= 11 is 0. The van der Waals surface area contributed by atoms with Gasteiger partial charge in [0, 0.05) is 0 Å². The summed E-state index contributed by atoms with van der Waals surface area (Å²) < 4.78 is 0. The fourth-order valence-electron chi connectivity index (χ4n) is 1.13. The Hall–Kier alpha value is -0.260. The van der Waals surface area contributed by atoms with Crippen LogP contribution in [0.5, 0.6) is 0 Å². The van der Waals surface area contributed by atoms with Crippen molar-refractivity contribution in [2.24, 2.45) is 5.92 Å². The van der Waals surface area contributed by atoms with Crippen molar-refractivity contribution in [1.29, 1.82) is 0 Å². The molecular formula is C10H19. The van der Waals surface area contributed by atoms with E-state index in [4.69, 9.17) is 0 Å². The zero-order valence-corrected chi connectivity index (χ0v) is 7.48.